The van der Waals surface area contributed by atoms with E-state index in [2.05, 4.69) is 98.8 Å². The number of rotatable bonds is 12. The summed E-state index contributed by atoms with van der Waals surface area (Å²) >= 11 is 0. The van der Waals surface area contributed by atoms with Crippen molar-refractivity contribution in [3.63, 3.8) is 0 Å². The van der Waals surface area contributed by atoms with Gasteiger partial charge in [0.15, 0.2) is 16.6 Å². The molecular formula is C36H68O3Si3. The van der Waals surface area contributed by atoms with E-state index in [-0.39, 0.29) is 0 Å². The van der Waals surface area contributed by atoms with E-state index in [0.717, 1.165) is 18.4 Å². The first-order valence-electron chi connectivity index (χ1n) is 17.6. The minimum absolute atomic E-state index is 0.321. The van der Waals surface area contributed by atoms with Gasteiger partial charge in [0, 0.05) is 18.6 Å². The van der Waals surface area contributed by atoms with E-state index in [1.165, 1.54) is 63.5 Å². The lowest BCUT2D eigenvalue weighted by Gasteiger charge is -2.58. The first kappa shape index (κ1) is 34.7. The molecule has 0 bridgehead atoms. The van der Waals surface area contributed by atoms with Crippen LogP contribution in [0, 0.1) is 46.3 Å². The van der Waals surface area contributed by atoms with Crippen molar-refractivity contribution in [1.82, 2.24) is 0 Å². The highest BCUT2D eigenvalue weighted by Crippen LogP contribution is 2.67. The minimum Gasteiger partial charge on any atom is -0.547 e. The van der Waals surface area contributed by atoms with E-state index >= 15 is 0 Å². The molecule has 4 aliphatic carbocycles. The number of hydrogen-bond donors (Lipinski definition) is 0. The van der Waals surface area contributed by atoms with Crippen LogP contribution in [-0.2, 0) is 13.3 Å². The standard InChI is InChI=1S/C36H68O3Si3/c1-26(25-37-40(5,6)7)15-14-16-27(2)34-33(39-42(11,12)13)24-32-30-18-17-28-23-29(38-41(8,9)10)19-21-35(28,3)31(30)20-22-36(32,34)4/h17,24,26-27,29-32,34H,14-16,18-23,25H2,1-13H3/t26?,27-,29+,30?,31?,32?,34+,35+,36+/m1/s1. The highest BCUT2D eigenvalue weighted by molar-refractivity contribution is 6.70. The van der Waals surface area contributed by atoms with Crippen LogP contribution >= 0.6 is 0 Å². The van der Waals surface area contributed by atoms with E-state index in [9.17, 15) is 0 Å². The lowest BCUT2D eigenvalue weighted by molar-refractivity contribution is -0.0515. The predicted octanol–water partition coefficient (Wildman–Crippen LogP) is 11.0. The molecule has 2 fully saturated rings. The van der Waals surface area contributed by atoms with Crippen LogP contribution in [0.5, 0.6) is 0 Å². The molecule has 3 nitrogen and oxygen atoms in total. The van der Waals surface area contributed by atoms with E-state index in [0.29, 0.717) is 40.6 Å². The Morgan fingerprint density at radius 1 is 0.881 bits per heavy atom. The molecule has 0 aliphatic heterocycles. The molecule has 0 N–H and O–H groups in total. The van der Waals surface area contributed by atoms with Gasteiger partial charge in [-0.25, -0.2) is 0 Å². The third-order valence-corrected chi connectivity index (χ3v) is 14.3. The van der Waals surface area contributed by atoms with E-state index in [4.69, 9.17) is 13.3 Å². The molecule has 0 radical (unpaired) electrons. The molecule has 9 atom stereocenters. The molecule has 4 unspecified atom stereocenters. The predicted molar refractivity (Wildman–Crippen MR) is 188 cm³/mol. The van der Waals surface area contributed by atoms with Crippen molar-refractivity contribution >= 4 is 25.0 Å². The maximum absolute atomic E-state index is 7.02. The number of hydrogen-bond acceptors (Lipinski definition) is 3. The second-order valence-electron chi connectivity index (χ2n) is 18.5. The average molecular weight is 633 g/mol. The van der Waals surface area contributed by atoms with Crippen LogP contribution in [0.15, 0.2) is 23.5 Å². The van der Waals surface area contributed by atoms with Gasteiger partial charge < -0.3 is 13.3 Å². The molecule has 2 saturated carbocycles. The van der Waals surface area contributed by atoms with Gasteiger partial charge in [0.05, 0.1) is 5.76 Å². The lowest BCUT2D eigenvalue weighted by atomic mass is 9.46. The van der Waals surface area contributed by atoms with Gasteiger partial charge in [-0.15, -0.1) is 0 Å². The van der Waals surface area contributed by atoms with E-state index in [1.807, 2.05) is 0 Å². The summed E-state index contributed by atoms with van der Waals surface area (Å²) in [5.74, 6) is 5.44. The molecule has 4 aliphatic rings. The topological polar surface area (TPSA) is 27.7 Å². The average Bonchev–Trinajstić information content (AvgIpc) is 3.11. The molecule has 242 valence electrons. The van der Waals surface area contributed by atoms with Crippen LogP contribution in [0.3, 0.4) is 0 Å². The van der Waals surface area contributed by atoms with Gasteiger partial charge in [0.25, 0.3) is 0 Å². The first-order chi connectivity index (χ1) is 19.2. The zero-order chi connectivity index (χ0) is 31.3. The minimum atomic E-state index is -1.70. The highest BCUT2D eigenvalue weighted by atomic mass is 28.4. The van der Waals surface area contributed by atoms with Gasteiger partial charge in [-0.1, -0.05) is 45.8 Å². The van der Waals surface area contributed by atoms with Gasteiger partial charge in [0.1, 0.15) is 0 Å². The summed E-state index contributed by atoms with van der Waals surface area (Å²) < 4.78 is 19.9. The van der Waals surface area contributed by atoms with Crippen molar-refractivity contribution in [2.45, 2.75) is 151 Å². The highest BCUT2D eigenvalue weighted by Gasteiger charge is 2.60. The van der Waals surface area contributed by atoms with Crippen LogP contribution in [-0.4, -0.2) is 37.7 Å². The molecular weight excluding hydrogens is 565 g/mol. The van der Waals surface area contributed by atoms with Gasteiger partial charge in [-0.2, -0.15) is 0 Å². The van der Waals surface area contributed by atoms with Crippen LogP contribution < -0.4 is 0 Å². The fourth-order valence-electron chi connectivity index (χ4n) is 9.60. The summed E-state index contributed by atoms with van der Waals surface area (Å²) in [6.45, 7) is 32.2. The van der Waals surface area contributed by atoms with E-state index in [1.54, 1.807) is 5.57 Å². The van der Waals surface area contributed by atoms with Crippen LogP contribution in [0.2, 0.25) is 58.9 Å². The summed E-state index contributed by atoms with van der Waals surface area (Å²) in [7, 11) is -4.65. The summed E-state index contributed by atoms with van der Waals surface area (Å²) in [5, 5.41) is 0. The maximum Gasteiger partial charge on any atom is 0.241 e. The molecule has 0 amide bonds. The molecule has 0 saturated heterocycles. The molecule has 0 aromatic heterocycles. The Balaban J connectivity index is 1.50. The van der Waals surface area contributed by atoms with Gasteiger partial charge in [0.2, 0.25) is 8.32 Å². The Kier molecular flexibility index (Phi) is 10.4. The fraction of sp³-hybridized carbons (Fsp3) is 0.889. The summed E-state index contributed by atoms with van der Waals surface area (Å²) in [4.78, 5) is 0. The van der Waals surface area contributed by atoms with Crippen LogP contribution in [0.4, 0.5) is 0 Å². The monoisotopic (exact) mass is 632 g/mol. The van der Waals surface area contributed by atoms with Crippen LogP contribution in [0.25, 0.3) is 0 Å². The first-order valence-corrected chi connectivity index (χ1v) is 27.9. The quantitative estimate of drug-likeness (QED) is 0.158. The Hall–Kier alpha value is -0.149. The summed E-state index contributed by atoms with van der Waals surface area (Å²) in [6.07, 6.45) is 17.4. The largest absolute Gasteiger partial charge is 0.547 e. The second kappa shape index (κ2) is 12.6. The van der Waals surface area contributed by atoms with Crippen molar-refractivity contribution in [2.24, 2.45) is 46.3 Å². The SMILES string of the molecule is CC(CCC[C@@H](C)[C@H]1C(O[Si](C)(C)C)=CC2C3CC=C4C[C@@H](O[Si](C)(C)C)CC[C@]4(C)C3CC[C@@]21C)CO[Si](C)(C)C. The van der Waals surface area contributed by atoms with Crippen LogP contribution in [0.1, 0.15) is 85.5 Å². The van der Waals surface area contributed by atoms with Crippen molar-refractivity contribution in [2.75, 3.05) is 6.61 Å². The lowest BCUT2D eigenvalue weighted by Crippen LogP contribution is -2.51. The Morgan fingerprint density at radius 3 is 2.19 bits per heavy atom. The molecule has 0 aromatic rings. The van der Waals surface area contributed by atoms with Gasteiger partial charge in [-0.05, 0) is 157 Å². The van der Waals surface area contributed by atoms with Crippen molar-refractivity contribution < 1.29 is 13.3 Å². The van der Waals surface area contributed by atoms with Crippen molar-refractivity contribution in [1.29, 1.82) is 0 Å². The van der Waals surface area contributed by atoms with Crippen molar-refractivity contribution in [3.05, 3.63) is 23.5 Å². The molecule has 6 heteroatoms. The molecule has 0 spiro atoms. The maximum atomic E-state index is 7.02. The Bertz CT molecular complexity index is 1000. The third kappa shape index (κ3) is 7.97. The number of allylic oxidation sites excluding steroid dienone is 3. The third-order valence-electron chi connectivity index (χ3n) is 11.4. The molecule has 0 aromatic carbocycles. The van der Waals surface area contributed by atoms with Gasteiger partial charge in [-0.3, -0.25) is 0 Å². The fourth-order valence-corrected chi connectivity index (χ4v) is 12.5. The zero-order valence-corrected chi connectivity index (χ0v) is 33.0. The second-order valence-corrected chi connectivity index (χ2v) is 31.9. The molecule has 4 rings (SSSR count). The Morgan fingerprint density at radius 2 is 1.57 bits per heavy atom. The number of fused-ring (bicyclic) bond motifs is 5. The zero-order valence-electron chi connectivity index (χ0n) is 30.0. The normalized spacial score (nSPS) is 36.7. The smallest absolute Gasteiger partial charge is 0.241 e. The van der Waals surface area contributed by atoms with Gasteiger partial charge >= 0.3 is 0 Å². The summed E-state index contributed by atoms with van der Waals surface area (Å²) in [6, 6.07) is 0. The molecule has 42 heavy (non-hydrogen) atoms. The summed E-state index contributed by atoms with van der Waals surface area (Å²) in [5.41, 5.74) is 2.41. The Labute approximate surface area is 264 Å². The van der Waals surface area contributed by atoms with Crippen molar-refractivity contribution in [3.8, 4) is 0 Å². The van der Waals surface area contributed by atoms with E-state index < -0.39 is 25.0 Å². The molecule has 0 heterocycles.